The van der Waals surface area contributed by atoms with Gasteiger partial charge in [-0.15, -0.1) is 0 Å². The molecule has 0 amide bonds. The highest BCUT2D eigenvalue weighted by atomic mass is 35.5. The van der Waals surface area contributed by atoms with E-state index in [2.05, 4.69) is 17.4 Å². The largest absolute Gasteiger partial charge is 0.382 e. The van der Waals surface area contributed by atoms with Gasteiger partial charge in [0.2, 0.25) is 0 Å². The third-order valence-corrected chi connectivity index (χ3v) is 2.82. The molecule has 1 aromatic carbocycles. The Kier molecular flexibility index (Phi) is 6.46. The predicted molar refractivity (Wildman–Crippen MR) is 69.0 cm³/mol. The molecule has 0 aliphatic carbocycles. The minimum Gasteiger partial charge on any atom is -0.382 e. The molecule has 1 N–H and O–H groups in total. The first kappa shape index (κ1) is 13.5. The van der Waals surface area contributed by atoms with Crippen molar-refractivity contribution in [1.29, 1.82) is 0 Å². The number of halogens is 1. The van der Waals surface area contributed by atoms with Gasteiger partial charge < -0.3 is 10.1 Å². The first-order valence-electron chi connectivity index (χ1n) is 5.77. The maximum Gasteiger partial charge on any atom is 0.0477 e. The molecule has 0 heterocycles. The number of nitrogens with one attached hydrogen (secondary N) is 1. The topological polar surface area (TPSA) is 21.3 Å². The van der Waals surface area contributed by atoms with Gasteiger partial charge in [0.1, 0.15) is 0 Å². The summed E-state index contributed by atoms with van der Waals surface area (Å²) in [6, 6.07) is 6.14. The van der Waals surface area contributed by atoms with Gasteiger partial charge in [0.25, 0.3) is 0 Å². The molecule has 0 saturated heterocycles. The highest BCUT2D eigenvalue weighted by molar-refractivity contribution is 6.31. The molecule has 1 rings (SSSR count). The lowest BCUT2D eigenvalue weighted by Crippen LogP contribution is -2.16. The Morgan fingerprint density at radius 1 is 1.38 bits per heavy atom. The number of rotatable bonds is 7. The minimum atomic E-state index is 0.802. The van der Waals surface area contributed by atoms with Crippen molar-refractivity contribution in [2.45, 2.75) is 26.8 Å². The molecule has 0 bridgehead atoms. The molecular weight excluding hydrogens is 222 g/mol. The Labute approximate surface area is 103 Å². The van der Waals surface area contributed by atoms with Gasteiger partial charge >= 0.3 is 0 Å². The van der Waals surface area contributed by atoms with Crippen LogP contribution in [0.4, 0.5) is 0 Å². The molecule has 0 radical (unpaired) electrons. The molecule has 90 valence electrons. The van der Waals surface area contributed by atoms with Crippen LogP contribution in [0.1, 0.15) is 24.5 Å². The first-order chi connectivity index (χ1) is 7.74. The summed E-state index contributed by atoms with van der Waals surface area (Å²) in [4.78, 5) is 0. The fourth-order valence-corrected chi connectivity index (χ4v) is 1.61. The van der Waals surface area contributed by atoms with Crippen LogP contribution in [0.15, 0.2) is 18.2 Å². The predicted octanol–water partition coefficient (Wildman–Crippen LogP) is 3.16. The van der Waals surface area contributed by atoms with Crippen LogP contribution >= 0.6 is 11.6 Å². The quantitative estimate of drug-likeness (QED) is 0.741. The summed E-state index contributed by atoms with van der Waals surface area (Å²) in [6.07, 6.45) is 1.06. The zero-order chi connectivity index (χ0) is 11.8. The van der Waals surface area contributed by atoms with Crippen molar-refractivity contribution in [3.63, 3.8) is 0 Å². The highest BCUT2D eigenvalue weighted by Gasteiger charge is 1.97. The van der Waals surface area contributed by atoms with Crippen molar-refractivity contribution in [2.24, 2.45) is 0 Å². The Morgan fingerprint density at radius 2 is 2.19 bits per heavy atom. The maximum absolute atomic E-state index is 5.96. The number of aryl methyl sites for hydroxylation is 1. The zero-order valence-corrected chi connectivity index (χ0v) is 10.8. The summed E-state index contributed by atoms with van der Waals surface area (Å²) in [6.45, 7) is 7.57. The van der Waals surface area contributed by atoms with E-state index in [1.165, 1.54) is 5.56 Å². The van der Waals surface area contributed by atoms with Crippen LogP contribution in [-0.2, 0) is 11.3 Å². The van der Waals surface area contributed by atoms with E-state index in [1.54, 1.807) is 0 Å². The summed E-state index contributed by atoms with van der Waals surface area (Å²) in [5, 5.41) is 4.22. The van der Waals surface area contributed by atoms with Gasteiger partial charge in [-0.3, -0.25) is 0 Å². The molecule has 1 aromatic rings. The van der Waals surface area contributed by atoms with E-state index in [4.69, 9.17) is 16.3 Å². The van der Waals surface area contributed by atoms with Gasteiger partial charge in [-0.25, -0.2) is 0 Å². The van der Waals surface area contributed by atoms with Crippen LogP contribution in [0.3, 0.4) is 0 Å². The van der Waals surface area contributed by atoms with Gasteiger partial charge in [0.15, 0.2) is 0 Å². The van der Waals surface area contributed by atoms with Gasteiger partial charge in [-0.1, -0.05) is 23.7 Å². The third kappa shape index (κ3) is 4.97. The number of hydrogen-bond acceptors (Lipinski definition) is 2. The molecule has 0 saturated carbocycles. The van der Waals surface area contributed by atoms with Crippen molar-refractivity contribution in [1.82, 2.24) is 5.32 Å². The Hall–Kier alpha value is -0.570. The van der Waals surface area contributed by atoms with E-state index >= 15 is 0 Å². The van der Waals surface area contributed by atoms with Crippen molar-refractivity contribution in [2.75, 3.05) is 19.8 Å². The SMILES string of the molecule is CCOCCCNCc1ccc(Cl)c(C)c1. The summed E-state index contributed by atoms with van der Waals surface area (Å²) in [7, 11) is 0. The molecular formula is C13H20ClNO. The second-order valence-corrected chi connectivity index (χ2v) is 4.22. The lowest BCUT2D eigenvalue weighted by molar-refractivity contribution is 0.144. The smallest absolute Gasteiger partial charge is 0.0477 e. The van der Waals surface area contributed by atoms with Crippen LogP contribution in [0, 0.1) is 6.92 Å². The van der Waals surface area contributed by atoms with E-state index in [9.17, 15) is 0 Å². The van der Waals surface area contributed by atoms with Gasteiger partial charge in [-0.2, -0.15) is 0 Å². The van der Waals surface area contributed by atoms with E-state index in [-0.39, 0.29) is 0 Å². The lowest BCUT2D eigenvalue weighted by Gasteiger charge is -2.06. The van der Waals surface area contributed by atoms with E-state index < -0.39 is 0 Å². The molecule has 0 aliphatic heterocycles. The second kappa shape index (κ2) is 7.66. The molecule has 0 spiro atoms. The summed E-state index contributed by atoms with van der Waals surface area (Å²) < 4.78 is 5.26. The Balaban J connectivity index is 2.19. The molecule has 16 heavy (non-hydrogen) atoms. The summed E-state index contributed by atoms with van der Waals surface area (Å²) in [5.74, 6) is 0. The Morgan fingerprint density at radius 3 is 2.88 bits per heavy atom. The third-order valence-electron chi connectivity index (χ3n) is 2.40. The normalized spacial score (nSPS) is 10.7. The molecule has 0 fully saturated rings. The van der Waals surface area contributed by atoms with E-state index in [0.29, 0.717) is 0 Å². The molecule has 0 atom stereocenters. The first-order valence-corrected chi connectivity index (χ1v) is 6.15. The average molecular weight is 242 g/mol. The molecule has 2 nitrogen and oxygen atoms in total. The standard InChI is InChI=1S/C13H20ClNO/c1-3-16-8-4-7-15-10-12-5-6-13(14)11(2)9-12/h5-6,9,15H,3-4,7-8,10H2,1-2H3. The second-order valence-electron chi connectivity index (χ2n) is 3.81. The minimum absolute atomic E-state index is 0.802. The van der Waals surface area contributed by atoms with Gasteiger partial charge in [0.05, 0.1) is 0 Å². The molecule has 0 unspecified atom stereocenters. The fourth-order valence-electron chi connectivity index (χ4n) is 1.49. The van der Waals surface area contributed by atoms with Crippen LogP contribution in [0.5, 0.6) is 0 Å². The van der Waals surface area contributed by atoms with E-state index in [1.807, 2.05) is 19.9 Å². The summed E-state index contributed by atoms with van der Waals surface area (Å²) >= 11 is 5.96. The van der Waals surface area contributed by atoms with Crippen LogP contribution < -0.4 is 5.32 Å². The molecule has 0 aromatic heterocycles. The lowest BCUT2D eigenvalue weighted by atomic mass is 10.1. The van der Waals surface area contributed by atoms with Gasteiger partial charge in [0, 0.05) is 24.8 Å². The Bertz CT molecular complexity index is 315. The summed E-state index contributed by atoms with van der Waals surface area (Å²) in [5.41, 5.74) is 2.41. The van der Waals surface area contributed by atoms with Crippen molar-refractivity contribution >= 4 is 11.6 Å². The maximum atomic E-state index is 5.96. The van der Waals surface area contributed by atoms with Gasteiger partial charge in [-0.05, 0) is 44.0 Å². The fraction of sp³-hybridized carbons (Fsp3) is 0.538. The number of hydrogen-bond donors (Lipinski definition) is 1. The molecule has 0 aliphatic rings. The highest BCUT2D eigenvalue weighted by Crippen LogP contribution is 2.15. The van der Waals surface area contributed by atoms with Crippen molar-refractivity contribution < 1.29 is 4.74 Å². The number of benzene rings is 1. The molecule has 3 heteroatoms. The zero-order valence-electron chi connectivity index (χ0n) is 10.1. The van der Waals surface area contributed by atoms with Crippen molar-refractivity contribution in [3.05, 3.63) is 34.3 Å². The number of ether oxygens (including phenoxy) is 1. The average Bonchev–Trinajstić information content (AvgIpc) is 2.28. The van der Waals surface area contributed by atoms with E-state index in [0.717, 1.165) is 43.3 Å². The van der Waals surface area contributed by atoms with Crippen LogP contribution in [0.2, 0.25) is 5.02 Å². The van der Waals surface area contributed by atoms with Crippen LogP contribution in [-0.4, -0.2) is 19.8 Å². The van der Waals surface area contributed by atoms with Crippen molar-refractivity contribution in [3.8, 4) is 0 Å². The van der Waals surface area contributed by atoms with Crippen LogP contribution in [0.25, 0.3) is 0 Å². The monoisotopic (exact) mass is 241 g/mol.